The van der Waals surface area contributed by atoms with Gasteiger partial charge in [0.15, 0.2) is 5.82 Å². The van der Waals surface area contributed by atoms with Crippen molar-refractivity contribution < 1.29 is 18.3 Å². The number of alkyl halides is 2. The second kappa shape index (κ2) is 9.97. The van der Waals surface area contributed by atoms with Crippen molar-refractivity contribution in [3.05, 3.63) is 66.4 Å². The Kier molecular flexibility index (Phi) is 6.86. The highest BCUT2D eigenvalue weighted by Gasteiger charge is 2.48. The summed E-state index contributed by atoms with van der Waals surface area (Å²) in [6.07, 6.45) is 6.81. The van der Waals surface area contributed by atoms with Gasteiger partial charge in [0.25, 0.3) is 6.43 Å². The molecule has 0 spiro atoms. The van der Waals surface area contributed by atoms with Gasteiger partial charge in [0.05, 0.1) is 6.04 Å². The van der Waals surface area contributed by atoms with Gasteiger partial charge in [0, 0.05) is 48.6 Å². The molecule has 172 valence electrons. The predicted octanol–water partition coefficient (Wildman–Crippen LogP) is 3.91. The summed E-state index contributed by atoms with van der Waals surface area (Å²) in [5.41, 5.74) is 1.36. The summed E-state index contributed by atoms with van der Waals surface area (Å²) < 4.78 is 31.4. The fourth-order valence-electron chi connectivity index (χ4n) is 4.32. The van der Waals surface area contributed by atoms with Crippen LogP contribution in [-0.4, -0.2) is 57.2 Å². The highest BCUT2D eigenvalue weighted by Crippen LogP contribution is 2.39. The molecule has 2 fully saturated rings. The van der Waals surface area contributed by atoms with Crippen molar-refractivity contribution in [1.82, 2.24) is 19.9 Å². The molecule has 2 bridgehead atoms. The van der Waals surface area contributed by atoms with Gasteiger partial charge in [-0.2, -0.15) is 0 Å². The van der Waals surface area contributed by atoms with Crippen molar-refractivity contribution in [2.45, 2.75) is 38.3 Å². The number of fused-ring (bicyclic) bond motifs is 2. The predicted molar refractivity (Wildman–Crippen MR) is 120 cm³/mol. The number of aromatic nitrogens is 3. The monoisotopic (exact) mass is 453 g/mol. The second-order valence-corrected chi connectivity index (χ2v) is 8.29. The zero-order valence-corrected chi connectivity index (χ0v) is 18.3. The Balaban J connectivity index is 1.31. The number of halogens is 2. The van der Waals surface area contributed by atoms with Crippen LogP contribution in [0.4, 0.5) is 8.78 Å². The third-order valence-corrected chi connectivity index (χ3v) is 5.80. The van der Waals surface area contributed by atoms with Gasteiger partial charge in [-0.15, -0.1) is 0 Å². The Morgan fingerprint density at radius 3 is 2.76 bits per heavy atom. The van der Waals surface area contributed by atoms with Gasteiger partial charge in [-0.3, -0.25) is 9.79 Å². The number of hydrogen-bond acceptors (Lipinski definition) is 6. The smallest absolute Gasteiger partial charge is 0.265 e. The van der Waals surface area contributed by atoms with Crippen LogP contribution in [0, 0.1) is 5.92 Å². The molecule has 1 aliphatic heterocycles. The zero-order chi connectivity index (χ0) is 23.4. The number of carbonyl (C=O) groups excluding carboxylic acids is 1. The number of allylic oxidation sites excluding steroid dienone is 3. The molecule has 1 saturated heterocycles. The van der Waals surface area contributed by atoms with E-state index in [0.29, 0.717) is 29.7 Å². The Bertz CT molecular complexity index is 1060. The molecule has 3 unspecified atom stereocenters. The number of hydrogen-bond donors (Lipinski definition) is 0. The topological polar surface area (TPSA) is 80.6 Å². The number of ether oxygens (including phenoxy) is 1. The minimum absolute atomic E-state index is 0.0385. The van der Waals surface area contributed by atoms with Crippen molar-refractivity contribution >= 4 is 17.7 Å². The lowest BCUT2D eigenvalue weighted by Gasteiger charge is -2.32. The summed E-state index contributed by atoms with van der Waals surface area (Å²) in [6.45, 7) is 6.56. The third kappa shape index (κ3) is 5.47. The van der Waals surface area contributed by atoms with Crippen LogP contribution >= 0.6 is 0 Å². The first-order valence-electron chi connectivity index (χ1n) is 10.8. The third-order valence-electron chi connectivity index (χ3n) is 5.80. The number of nitrogens with zero attached hydrogens (tertiary/aromatic N) is 5. The number of likely N-dealkylation sites (tertiary alicyclic amines) is 1. The van der Waals surface area contributed by atoms with E-state index in [2.05, 4.69) is 26.5 Å². The molecule has 2 aromatic rings. The number of pyridine rings is 1. The van der Waals surface area contributed by atoms with Crippen LogP contribution < -0.4 is 4.74 Å². The average molecular weight is 453 g/mol. The number of piperidine rings is 1. The second-order valence-electron chi connectivity index (χ2n) is 8.29. The Morgan fingerprint density at radius 2 is 2.09 bits per heavy atom. The maximum Gasteiger partial charge on any atom is 0.265 e. The van der Waals surface area contributed by atoms with Gasteiger partial charge in [-0.1, -0.05) is 6.58 Å². The summed E-state index contributed by atoms with van der Waals surface area (Å²) in [5.74, 6) is 1.14. The highest BCUT2D eigenvalue weighted by molar-refractivity contribution is 5.86. The lowest BCUT2D eigenvalue weighted by Crippen LogP contribution is -2.47. The normalized spacial score (nSPS) is 22.4. The van der Waals surface area contributed by atoms with Gasteiger partial charge < -0.3 is 9.64 Å². The molecule has 7 nitrogen and oxygen atoms in total. The molecule has 1 aliphatic carbocycles. The van der Waals surface area contributed by atoms with Gasteiger partial charge in [-0.05, 0) is 49.5 Å². The van der Waals surface area contributed by atoms with Crippen LogP contribution in [0.5, 0.6) is 5.88 Å². The van der Waals surface area contributed by atoms with E-state index >= 15 is 0 Å². The van der Waals surface area contributed by atoms with Gasteiger partial charge >= 0.3 is 0 Å². The van der Waals surface area contributed by atoms with Crippen LogP contribution in [0.1, 0.15) is 37.6 Å². The Labute approximate surface area is 190 Å². The maximum atomic E-state index is 12.8. The van der Waals surface area contributed by atoms with Gasteiger partial charge in [-0.25, -0.2) is 23.7 Å². The van der Waals surface area contributed by atoms with Crippen LogP contribution in [0.15, 0.2) is 60.0 Å². The van der Waals surface area contributed by atoms with Crippen LogP contribution in [0.2, 0.25) is 0 Å². The first-order valence-corrected chi connectivity index (χ1v) is 10.8. The van der Waals surface area contributed by atoms with E-state index in [1.807, 2.05) is 17.9 Å². The maximum absolute atomic E-state index is 12.8. The van der Waals surface area contributed by atoms with Crippen LogP contribution in [0.25, 0.3) is 5.57 Å². The fraction of sp³-hybridized carbons (Fsp3) is 0.375. The van der Waals surface area contributed by atoms with Gasteiger partial charge in [0.2, 0.25) is 11.8 Å². The van der Waals surface area contributed by atoms with Crippen molar-refractivity contribution in [2.24, 2.45) is 10.9 Å². The molecule has 0 N–H and O–H groups in total. The molecule has 4 rings (SSSR count). The van der Waals surface area contributed by atoms with Crippen LogP contribution in [0.3, 0.4) is 0 Å². The number of aliphatic imine (C=N–C) groups is 1. The summed E-state index contributed by atoms with van der Waals surface area (Å²) in [5, 5.41) is 0. The molecule has 33 heavy (non-hydrogen) atoms. The standard InChI is InChI=1S/C24H25F2N5O2/c1-15(8-16(2)24-28-6-3-7-29-24)11-27-13-22(32)31-14-17-9-19(31)20(10-17)33-21-5-4-18(12-30-21)23(25)26/h3-8,11-12,17,19-20,23H,2,9-10,13-14H2,1H3/b15-8-,27-11-. The minimum atomic E-state index is -2.56. The molecule has 0 radical (unpaired) electrons. The molecule has 2 aromatic heterocycles. The summed E-state index contributed by atoms with van der Waals surface area (Å²) in [6, 6.07) is 4.45. The van der Waals surface area contributed by atoms with Crippen molar-refractivity contribution in [3.63, 3.8) is 0 Å². The average Bonchev–Trinajstić information content (AvgIpc) is 3.40. The minimum Gasteiger partial charge on any atom is -0.472 e. The van der Waals surface area contributed by atoms with E-state index in [9.17, 15) is 13.6 Å². The Hall–Kier alpha value is -3.49. The van der Waals surface area contributed by atoms with E-state index in [4.69, 9.17) is 4.74 Å². The summed E-state index contributed by atoms with van der Waals surface area (Å²) >= 11 is 0. The first-order chi connectivity index (χ1) is 15.9. The lowest BCUT2D eigenvalue weighted by molar-refractivity contribution is -0.133. The van der Waals surface area contributed by atoms with E-state index < -0.39 is 6.43 Å². The van der Waals surface area contributed by atoms with E-state index in [0.717, 1.165) is 24.6 Å². The van der Waals surface area contributed by atoms with Crippen molar-refractivity contribution in [2.75, 3.05) is 13.1 Å². The molecule has 2 aliphatic rings. The van der Waals surface area contributed by atoms with E-state index in [-0.39, 0.29) is 30.2 Å². The summed E-state index contributed by atoms with van der Waals surface area (Å²) in [7, 11) is 0. The quantitative estimate of drug-likeness (QED) is 0.447. The largest absolute Gasteiger partial charge is 0.472 e. The van der Waals surface area contributed by atoms with E-state index in [1.54, 1.807) is 24.7 Å². The fourth-order valence-corrected chi connectivity index (χ4v) is 4.32. The molecule has 1 saturated carbocycles. The SMILES string of the molecule is C=C(/C=C(C)\C=N/CC(=O)N1CC2CC(Oc3ccc(C(F)F)cn3)C1C2)c1ncccn1. The highest BCUT2D eigenvalue weighted by atomic mass is 19.3. The zero-order valence-electron chi connectivity index (χ0n) is 18.3. The first kappa shape index (κ1) is 22.7. The molecular weight excluding hydrogens is 428 g/mol. The van der Waals surface area contributed by atoms with Crippen LogP contribution in [-0.2, 0) is 4.79 Å². The number of rotatable bonds is 8. The molecule has 3 atom stereocenters. The molecule has 3 heterocycles. The molecular formula is C24H25F2N5O2. The molecule has 0 aromatic carbocycles. The number of amides is 1. The lowest BCUT2D eigenvalue weighted by atomic mass is 10.1. The summed E-state index contributed by atoms with van der Waals surface area (Å²) in [4.78, 5) is 31.2. The number of carbonyl (C=O) groups is 1. The van der Waals surface area contributed by atoms with Crippen molar-refractivity contribution in [1.29, 1.82) is 0 Å². The molecule has 1 amide bonds. The Morgan fingerprint density at radius 1 is 1.30 bits per heavy atom. The van der Waals surface area contributed by atoms with Crippen molar-refractivity contribution in [3.8, 4) is 5.88 Å². The van der Waals surface area contributed by atoms with E-state index in [1.165, 1.54) is 12.1 Å². The van der Waals surface area contributed by atoms with Gasteiger partial charge in [0.1, 0.15) is 12.6 Å². The molecule has 9 heteroatoms.